The second kappa shape index (κ2) is 9.09. The van der Waals surface area contributed by atoms with Crippen molar-refractivity contribution in [3.8, 4) is 0 Å². The number of alkyl halides is 1. The first-order valence-corrected chi connectivity index (χ1v) is 12.5. The molecule has 13 nitrogen and oxygen atoms in total. The van der Waals surface area contributed by atoms with E-state index in [1.54, 1.807) is 0 Å². The molecule has 2 rings (SSSR count). The maximum atomic E-state index is 14.2. The van der Waals surface area contributed by atoms with Crippen molar-refractivity contribution in [3.05, 3.63) is 21.4 Å². The summed E-state index contributed by atoms with van der Waals surface area (Å²) in [7, 11) is -16.6. The molecule has 5 unspecified atom stereocenters. The number of aromatic nitrogens is 2. The molecule has 0 spiro atoms. The van der Waals surface area contributed by atoms with Gasteiger partial charge in [0, 0.05) is 12.6 Å². The van der Waals surface area contributed by atoms with E-state index in [-0.39, 0.29) is 9.41 Å². The normalized spacial score (nSPS) is 26.8. The lowest BCUT2D eigenvalue weighted by Crippen LogP contribution is -2.19. The van der Waals surface area contributed by atoms with Gasteiger partial charge in [-0.15, -0.1) is 0 Å². The number of nitrogens with one attached hydrogen (secondary N) is 1. The summed E-state index contributed by atoms with van der Waals surface area (Å²) in [5.74, 6) is -0.902. The zero-order chi connectivity index (χ0) is 22.2. The molecule has 166 valence electrons. The lowest BCUT2D eigenvalue weighted by atomic mass is 10.2. The zero-order valence-corrected chi connectivity index (χ0v) is 18.0. The Morgan fingerprint density at radius 3 is 2.41 bits per heavy atom. The number of aromatic amines is 1. The maximum absolute atomic E-state index is 14.2. The first-order chi connectivity index (χ1) is 13.1. The first kappa shape index (κ1) is 25.0. The summed E-state index contributed by atoms with van der Waals surface area (Å²) in [5, 5.41) is 0. The van der Waals surface area contributed by atoms with Gasteiger partial charge in [-0.1, -0.05) is 12.2 Å². The quantitative estimate of drug-likeness (QED) is 0.248. The smallest absolute Gasteiger partial charge is 0.349 e. The Kier molecular flexibility index (Phi) is 7.84. The van der Waals surface area contributed by atoms with Crippen LogP contribution in [-0.4, -0.2) is 48.0 Å². The molecule has 5 N–H and O–H groups in total. The van der Waals surface area contributed by atoms with Gasteiger partial charge in [0.2, 0.25) is 0 Å². The Morgan fingerprint density at radius 2 is 1.83 bits per heavy atom. The van der Waals surface area contributed by atoms with E-state index >= 15 is 0 Å². The van der Waals surface area contributed by atoms with Crippen LogP contribution in [-0.2, 0) is 31.6 Å². The van der Waals surface area contributed by atoms with Crippen LogP contribution in [0.4, 0.5) is 8.78 Å². The summed E-state index contributed by atoms with van der Waals surface area (Å²) in [6.45, 7) is -0.848. The molecule has 0 amide bonds. The van der Waals surface area contributed by atoms with E-state index < -0.39 is 60.8 Å². The topological polar surface area (TPSA) is 190 Å². The molecule has 2 heterocycles. The standard InChI is InChI=1S/C9H13F2N2O11P3S2/c10-5-1-4(22-8(5)13-2-6(11)7(28)12-9(13)29)3-21-26(17,18)24-27(19,20)23-25(14,15)16/h2,4-5,8H,1,3H2,(H,17,18)(H,19,20)(H,12,28,29)(H2,14,15,16). The number of rotatable bonds is 8. The Bertz CT molecular complexity index is 1030. The molecule has 1 aliphatic heterocycles. The Balaban J connectivity index is 2.02. The lowest BCUT2D eigenvalue weighted by molar-refractivity contribution is -0.0383. The van der Waals surface area contributed by atoms with Gasteiger partial charge < -0.3 is 29.3 Å². The molecule has 1 aromatic rings. The molecule has 29 heavy (non-hydrogen) atoms. The summed E-state index contributed by atoms with van der Waals surface area (Å²) < 4.78 is 78.4. The molecular formula is C9H13F2N2O11P3S2. The van der Waals surface area contributed by atoms with Gasteiger partial charge in [0.05, 0.1) is 12.7 Å². The average Bonchev–Trinajstić information content (AvgIpc) is 2.86. The number of H-pyrrole nitrogens is 1. The van der Waals surface area contributed by atoms with E-state index in [2.05, 4.69) is 30.3 Å². The molecule has 5 atom stereocenters. The highest BCUT2D eigenvalue weighted by Crippen LogP contribution is 2.66. The van der Waals surface area contributed by atoms with Gasteiger partial charge in [0.25, 0.3) is 0 Å². The number of hydrogen-bond acceptors (Lipinski definition) is 9. The number of halogens is 2. The van der Waals surface area contributed by atoms with Gasteiger partial charge in [-0.3, -0.25) is 9.09 Å². The van der Waals surface area contributed by atoms with E-state index in [0.717, 1.165) is 10.8 Å². The van der Waals surface area contributed by atoms with E-state index in [1.165, 1.54) is 0 Å². The minimum absolute atomic E-state index is 0.155. The van der Waals surface area contributed by atoms with Gasteiger partial charge in [0.15, 0.2) is 16.8 Å². The van der Waals surface area contributed by atoms with Crippen LogP contribution in [0.5, 0.6) is 0 Å². The van der Waals surface area contributed by atoms with Crippen LogP contribution in [0.1, 0.15) is 12.6 Å². The van der Waals surface area contributed by atoms with Crippen molar-refractivity contribution in [2.24, 2.45) is 0 Å². The largest absolute Gasteiger partial charge is 0.490 e. The fraction of sp³-hybridized carbons (Fsp3) is 0.556. The van der Waals surface area contributed by atoms with Crippen molar-refractivity contribution < 1.29 is 59.9 Å². The lowest BCUT2D eigenvalue weighted by Gasteiger charge is -2.19. The molecule has 1 fully saturated rings. The minimum atomic E-state index is -5.68. The van der Waals surface area contributed by atoms with Gasteiger partial charge in [-0.25, -0.2) is 22.5 Å². The van der Waals surface area contributed by atoms with Crippen molar-refractivity contribution in [1.29, 1.82) is 0 Å². The van der Waals surface area contributed by atoms with Crippen LogP contribution in [0.15, 0.2) is 6.20 Å². The van der Waals surface area contributed by atoms with Gasteiger partial charge in [-0.2, -0.15) is 8.62 Å². The average molecular weight is 520 g/mol. The Hall–Kier alpha value is -0.250. The molecule has 0 saturated carbocycles. The highest BCUT2D eigenvalue weighted by molar-refractivity contribution is 7.72. The predicted octanol–water partition coefficient (Wildman–Crippen LogP) is 2.38. The number of phosphoric ester groups is 1. The molecule has 0 aliphatic carbocycles. The molecule has 1 saturated heterocycles. The van der Waals surface area contributed by atoms with Crippen molar-refractivity contribution in [2.45, 2.75) is 24.9 Å². The van der Waals surface area contributed by atoms with Crippen molar-refractivity contribution in [1.82, 2.24) is 9.55 Å². The van der Waals surface area contributed by atoms with Crippen molar-refractivity contribution >= 4 is 47.9 Å². The minimum Gasteiger partial charge on any atom is -0.349 e. The number of nitrogens with zero attached hydrogens (tertiary/aromatic N) is 1. The highest BCUT2D eigenvalue weighted by Gasteiger charge is 2.43. The molecule has 1 aromatic heterocycles. The summed E-state index contributed by atoms with van der Waals surface area (Å²) in [5.41, 5.74) is 0. The molecule has 1 aliphatic rings. The van der Waals surface area contributed by atoms with Crippen LogP contribution in [0.25, 0.3) is 0 Å². The molecular weight excluding hydrogens is 507 g/mol. The second-order valence-corrected chi connectivity index (χ2v) is 10.6. The summed E-state index contributed by atoms with van der Waals surface area (Å²) >= 11 is 9.56. The third-order valence-corrected chi connectivity index (χ3v) is 7.58. The van der Waals surface area contributed by atoms with Crippen LogP contribution in [0.3, 0.4) is 0 Å². The molecule has 0 radical (unpaired) electrons. The van der Waals surface area contributed by atoms with Crippen LogP contribution in [0.2, 0.25) is 0 Å². The molecule has 0 bridgehead atoms. The van der Waals surface area contributed by atoms with Crippen LogP contribution >= 0.6 is 47.9 Å². The van der Waals surface area contributed by atoms with Crippen LogP contribution < -0.4 is 0 Å². The third kappa shape index (κ3) is 7.43. The number of hydrogen-bond donors (Lipinski definition) is 5. The maximum Gasteiger partial charge on any atom is 0.490 e. The monoisotopic (exact) mass is 520 g/mol. The van der Waals surface area contributed by atoms with E-state index in [9.17, 15) is 27.4 Å². The summed E-state index contributed by atoms with van der Waals surface area (Å²) in [6.07, 6.45) is -3.98. The molecule has 20 heteroatoms. The van der Waals surface area contributed by atoms with E-state index in [0.29, 0.717) is 0 Å². The third-order valence-electron chi connectivity index (χ3n) is 3.17. The van der Waals surface area contributed by atoms with Gasteiger partial charge in [-0.05, 0) is 12.2 Å². The molecule has 0 aromatic carbocycles. The first-order valence-electron chi connectivity index (χ1n) is 7.17. The fourth-order valence-corrected chi connectivity index (χ4v) is 5.70. The van der Waals surface area contributed by atoms with Gasteiger partial charge in [0.1, 0.15) is 10.8 Å². The second-order valence-electron chi connectivity index (χ2n) is 5.43. The Labute approximate surface area is 170 Å². The van der Waals surface area contributed by atoms with Crippen LogP contribution in [0, 0.1) is 15.2 Å². The fourth-order valence-electron chi connectivity index (χ4n) is 2.18. The SMILES string of the molecule is O=P(O)(O)OP(=O)(O)OP(=O)(O)OCC1CC(F)C(n2cc(F)c(=S)[nH]c2=S)O1. The summed E-state index contributed by atoms with van der Waals surface area (Å²) in [6, 6.07) is 0. The van der Waals surface area contributed by atoms with E-state index in [4.69, 9.17) is 31.6 Å². The van der Waals surface area contributed by atoms with Crippen molar-refractivity contribution in [2.75, 3.05) is 6.61 Å². The Morgan fingerprint density at radius 1 is 1.21 bits per heavy atom. The van der Waals surface area contributed by atoms with Crippen molar-refractivity contribution in [3.63, 3.8) is 0 Å². The van der Waals surface area contributed by atoms with E-state index in [1.807, 2.05) is 0 Å². The number of ether oxygens (including phenoxy) is 1. The van der Waals surface area contributed by atoms with Gasteiger partial charge >= 0.3 is 23.5 Å². The predicted molar refractivity (Wildman–Crippen MR) is 93.6 cm³/mol. The highest BCUT2D eigenvalue weighted by atomic mass is 32.1. The summed E-state index contributed by atoms with van der Waals surface area (Å²) in [4.78, 5) is 37.6. The number of phosphoric acid groups is 3. The zero-order valence-electron chi connectivity index (χ0n) is 13.7.